The van der Waals surface area contributed by atoms with Crippen LogP contribution < -0.4 is 0 Å². The first kappa shape index (κ1) is 13.2. The zero-order valence-corrected chi connectivity index (χ0v) is 11.5. The van der Waals surface area contributed by atoms with Crippen LogP contribution >= 0.6 is 22.6 Å². The standard InChI is InChI=1S/C13H14F3I/c14-13(15,16)12-8-10(17)6-7-11(12)9-4-2-1-3-5-9/h6-9H,1-5H2. The van der Waals surface area contributed by atoms with Gasteiger partial charge in [-0.15, -0.1) is 0 Å². The molecule has 0 unspecified atom stereocenters. The Hall–Kier alpha value is -0.260. The van der Waals surface area contributed by atoms with Gasteiger partial charge in [0.2, 0.25) is 0 Å². The minimum absolute atomic E-state index is 0.0948. The third-order valence-corrected chi connectivity index (χ3v) is 4.04. The van der Waals surface area contributed by atoms with E-state index in [-0.39, 0.29) is 5.92 Å². The van der Waals surface area contributed by atoms with Crippen molar-refractivity contribution in [3.63, 3.8) is 0 Å². The monoisotopic (exact) mass is 354 g/mol. The fraction of sp³-hybridized carbons (Fsp3) is 0.538. The van der Waals surface area contributed by atoms with Gasteiger partial charge < -0.3 is 0 Å². The first-order valence-corrected chi connectivity index (χ1v) is 6.93. The molecule has 0 aliphatic heterocycles. The highest BCUT2D eigenvalue weighted by Crippen LogP contribution is 2.41. The molecular weight excluding hydrogens is 340 g/mol. The summed E-state index contributed by atoms with van der Waals surface area (Å²) in [7, 11) is 0. The van der Waals surface area contributed by atoms with Gasteiger partial charge in [0.1, 0.15) is 0 Å². The SMILES string of the molecule is FC(F)(F)c1cc(I)ccc1C1CCCCC1. The molecule has 0 heterocycles. The van der Waals surface area contributed by atoms with Crippen LogP contribution in [0, 0.1) is 3.57 Å². The van der Waals surface area contributed by atoms with E-state index in [0.717, 1.165) is 32.1 Å². The van der Waals surface area contributed by atoms with Crippen LogP contribution in [0.5, 0.6) is 0 Å². The fourth-order valence-corrected chi connectivity index (χ4v) is 3.03. The fourth-order valence-electron chi connectivity index (χ4n) is 2.54. The zero-order valence-electron chi connectivity index (χ0n) is 9.36. The van der Waals surface area contributed by atoms with Crippen molar-refractivity contribution < 1.29 is 13.2 Å². The Kier molecular flexibility index (Phi) is 4.00. The average Bonchev–Trinajstić information content (AvgIpc) is 2.29. The summed E-state index contributed by atoms with van der Waals surface area (Å²) in [6.45, 7) is 0. The van der Waals surface area contributed by atoms with Crippen molar-refractivity contribution in [2.75, 3.05) is 0 Å². The maximum absolute atomic E-state index is 13.0. The first-order valence-electron chi connectivity index (χ1n) is 5.85. The largest absolute Gasteiger partial charge is 0.416 e. The second-order valence-electron chi connectivity index (χ2n) is 4.56. The molecule has 0 bridgehead atoms. The smallest absolute Gasteiger partial charge is 0.166 e. The lowest BCUT2D eigenvalue weighted by Crippen LogP contribution is -2.14. The molecule has 0 radical (unpaired) electrons. The molecular formula is C13H14F3I. The van der Waals surface area contributed by atoms with Crippen molar-refractivity contribution in [2.45, 2.75) is 44.2 Å². The molecule has 0 spiro atoms. The second-order valence-corrected chi connectivity index (χ2v) is 5.81. The molecule has 1 saturated carbocycles. The lowest BCUT2D eigenvalue weighted by Gasteiger charge is -2.25. The van der Waals surface area contributed by atoms with Gasteiger partial charge in [0.05, 0.1) is 5.56 Å². The van der Waals surface area contributed by atoms with Crippen molar-refractivity contribution in [3.05, 3.63) is 32.9 Å². The normalized spacial score (nSPS) is 18.4. The highest BCUT2D eigenvalue weighted by Gasteiger charge is 2.35. The van der Waals surface area contributed by atoms with Gasteiger partial charge in [-0.05, 0) is 59.0 Å². The van der Waals surface area contributed by atoms with E-state index in [0.29, 0.717) is 9.13 Å². The highest BCUT2D eigenvalue weighted by molar-refractivity contribution is 14.1. The van der Waals surface area contributed by atoms with Crippen molar-refractivity contribution in [3.8, 4) is 0 Å². The molecule has 1 aromatic carbocycles. The molecule has 0 nitrogen and oxygen atoms in total. The van der Waals surface area contributed by atoms with Crippen molar-refractivity contribution >= 4 is 22.6 Å². The number of hydrogen-bond acceptors (Lipinski definition) is 0. The van der Waals surface area contributed by atoms with Crippen LogP contribution in [0.25, 0.3) is 0 Å². The van der Waals surface area contributed by atoms with E-state index in [2.05, 4.69) is 0 Å². The number of benzene rings is 1. The zero-order chi connectivity index (χ0) is 12.5. The molecule has 1 fully saturated rings. The van der Waals surface area contributed by atoms with E-state index in [1.54, 1.807) is 12.1 Å². The maximum Gasteiger partial charge on any atom is 0.416 e. The molecule has 0 aromatic heterocycles. The molecule has 0 atom stereocenters. The highest BCUT2D eigenvalue weighted by atomic mass is 127. The van der Waals surface area contributed by atoms with Gasteiger partial charge in [0.15, 0.2) is 0 Å². The quantitative estimate of drug-likeness (QED) is 0.596. The number of hydrogen-bond donors (Lipinski definition) is 0. The lowest BCUT2D eigenvalue weighted by molar-refractivity contribution is -0.138. The molecule has 2 rings (SSSR count). The van der Waals surface area contributed by atoms with E-state index >= 15 is 0 Å². The second kappa shape index (κ2) is 5.16. The maximum atomic E-state index is 13.0. The van der Waals surface area contributed by atoms with E-state index in [9.17, 15) is 13.2 Å². The van der Waals surface area contributed by atoms with Crippen LogP contribution in [0.4, 0.5) is 13.2 Å². The Labute approximate surface area is 113 Å². The van der Waals surface area contributed by atoms with E-state index in [1.807, 2.05) is 22.6 Å². The molecule has 4 heteroatoms. The number of alkyl halides is 3. The van der Waals surface area contributed by atoms with Gasteiger partial charge in [0.25, 0.3) is 0 Å². The van der Waals surface area contributed by atoms with Crippen LogP contribution in [-0.4, -0.2) is 0 Å². The van der Waals surface area contributed by atoms with Crippen LogP contribution in [0.1, 0.15) is 49.1 Å². The summed E-state index contributed by atoms with van der Waals surface area (Å²) in [5.41, 5.74) is 0.0638. The first-order chi connectivity index (χ1) is 7.98. The Bertz CT molecular complexity index is 392. The third kappa shape index (κ3) is 3.14. The van der Waals surface area contributed by atoms with Crippen LogP contribution in [0.15, 0.2) is 18.2 Å². The average molecular weight is 354 g/mol. The molecule has 0 saturated heterocycles. The molecule has 94 valence electrons. The molecule has 0 N–H and O–H groups in total. The molecule has 0 amide bonds. The summed E-state index contributed by atoms with van der Waals surface area (Å²) in [5.74, 6) is 0.0948. The molecule has 17 heavy (non-hydrogen) atoms. The van der Waals surface area contributed by atoms with E-state index in [4.69, 9.17) is 0 Å². The summed E-state index contributed by atoms with van der Waals surface area (Å²) >= 11 is 1.93. The van der Waals surface area contributed by atoms with E-state index < -0.39 is 11.7 Å². The van der Waals surface area contributed by atoms with Crippen molar-refractivity contribution in [1.82, 2.24) is 0 Å². The minimum Gasteiger partial charge on any atom is -0.166 e. The summed E-state index contributed by atoms with van der Waals surface area (Å²) in [4.78, 5) is 0. The van der Waals surface area contributed by atoms with Gasteiger partial charge in [-0.25, -0.2) is 0 Å². The minimum atomic E-state index is -4.23. The number of halogens is 4. The Morgan fingerprint density at radius 2 is 1.71 bits per heavy atom. The predicted octanol–water partition coefficient (Wildman–Crippen LogP) is 5.36. The molecule has 1 aliphatic carbocycles. The van der Waals surface area contributed by atoms with Crippen molar-refractivity contribution in [2.24, 2.45) is 0 Å². The Morgan fingerprint density at radius 3 is 2.29 bits per heavy atom. The summed E-state index contributed by atoms with van der Waals surface area (Å²) < 4.78 is 39.6. The topological polar surface area (TPSA) is 0 Å². The summed E-state index contributed by atoms with van der Waals surface area (Å²) in [5, 5.41) is 0. The lowest BCUT2D eigenvalue weighted by atomic mass is 9.82. The van der Waals surface area contributed by atoms with Crippen LogP contribution in [0.3, 0.4) is 0 Å². The summed E-state index contributed by atoms with van der Waals surface area (Å²) in [6.07, 6.45) is 0.811. The Morgan fingerprint density at radius 1 is 1.06 bits per heavy atom. The van der Waals surface area contributed by atoms with E-state index in [1.165, 1.54) is 6.07 Å². The summed E-state index contributed by atoms with van der Waals surface area (Å²) in [6, 6.07) is 4.71. The third-order valence-electron chi connectivity index (χ3n) is 3.37. The van der Waals surface area contributed by atoms with Gasteiger partial charge in [0, 0.05) is 3.57 Å². The molecule has 1 aliphatic rings. The van der Waals surface area contributed by atoms with Gasteiger partial charge in [-0.2, -0.15) is 13.2 Å². The van der Waals surface area contributed by atoms with Gasteiger partial charge in [-0.3, -0.25) is 0 Å². The van der Waals surface area contributed by atoms with Crippen LogP contribution in [0.2, 0.25) is 0 Å². The van der Waals surface area contributed by atoms with Crippen LogP contribution in [-0.2, 0) is 6.18 Å². The predicted molar refractivity (Wildman–Crippen MR) is 70.0 cm³/mol. The van der Waals surface area contributed by atoms with Gasteiger partial charge in [-0.1, -0.05) is 25.3 Å². The van der Waals surface area contributed by atoms with Crippen molar-refractivity contribution in [1.29, 1.82) is 0 Å². The Balaban J connectivity index is 2.38. The van der Waals surface area contributed by atoms with Gasteiger partial charge >= 0.3 is 6.18 Å². The number of rotatable bonds is 1. The molecule has 1 aromatic rings.